The standard InChI is InChI=1S/C30H32F3N3O6/c1-5-6-14-41-28(38)25-24(20-12-10-19(16-34)11-13-20)23(29(39)42-18(3)27(37)40-4)17(2)36(26(25)35)22-9-7-8-21(15-22)30(31,32)33/h7-13,15,18,24-26H,5-6,14,35H2,1-4H3/t18-,24?,25?,26?/m0/s1. The van der Waals surface area contributed by atoms with Gasteiger partial charge in [0.2, 0.25) is 0 Å². The SMILES string of the molecule is CCCCOC(=O)C1C(c2ccc(C#N)cc2)C(C(=O)O[C@@H](C)C(=O)OC)=C(C)N(c2cccc(C(F)(F)F)c2)C1N. The molecule has 0 fully saturated rings. The van der Waals surface area contributed by atoms with Crippen molar-refractivity contribution in [2.45, 2.75) is 58.0 Å². The molecule has 2 aromatic rings. The highest BCUT2D eigenvalue weighted by molar-refractivity contribution is 5.96. The molecule has 0 amide bonds. The van der Waals surface area contributed by atoms with Crippen molar-refractivity contribution in [1.29, 1.82) is 5.26 Å². The maximum Gasteiger partial charge on any atom is 0.416 e. The number of hydrogen-bond donors (Lipinski definition) is 1. The highest BCUT2D eigenvalue weighted by atomic mass is 19.4. The number of ether oxygens (including phenoxy) is 3. The minimum atomic E-state index is -4.67. The average Bonchev–Trinajstić information content (AvgIpc) is 2.96. The Kier molecular flexibility index (Phi) is 10.4. The van der Waals surface area contributed by atoms with Crippen molar-refractivity contribution in [2.75, 3.05) is 18.6 Å². The third-order valence-corrected chi connectivity index (χ3v) is 6.99. The van der Waals surface area contributed by atoms with Crippen molar-refractivity contribution in [3.63, 3.8) is 0 Å². The van der Waals surface area contributed by atoms with Crippen LogP contribution in [-0.2, 0) is 34.8 Å². The number of hydrogen-bond acceptors (Lipinski definition) is 9. The van der Waals surface area contributed by atoms with E-state index in [9.17, 15) is 32.8 Å². The molecule has 2 N–H and O–H groups in total. The summed E-state index contributed by atoms with van der Waals surface area (Å²) in [6.07, 6.45) is -6.02. The number of alkyl halides is 3. The van der Waals surface area contributed by atoms with Gasteiger partial charge in [-0.15, -0.1) is 0 Å². The summed E-state index contributed by atoms with van der Waals surface area (Å²) in [6, 6.07) is 12.4. The molecule has 4 atom stereocenters. The lowest BCUT2D eigenvalue weighted by Crippen LogP contribution is -2.56. The molecular formula is C30H32F3N3O6. The lowest BCUT2D eigenvalue weighted by Gasteiger charge is -2.45. The number of benzene rings is 2. The number of rotatable bonds is 9. The molecule has 9 nitrogen and oxygen atoms in total. The molecule has 0 radical (unpaired) electrons. The molecule has 1 aliphatic heterocycles. The molecule has 0 bridgehead atoms. The number of nitrogens with zero attached hydrogens (tertiary/aromatic N) is 2. The Morgan fingerprint density at radius 2 is 1.81 bits per heavy atom. The lowest BCUT2D eigenvalue weighted by atomic mass is 9.74. The zero-order valence-corrected chi connectivity index (χ0v) is 23.6. The van der Waals surface area contributed by atoms with Crippen LogP contribution < -0.4 is 10.6 Å². The number of carbonyl (C=O) groups excluding carboxylic acids is 3. The Hall–Kier alpha value is -4.37. The Bertz CT molecular complexity index is 1380. The molecule has 2 aromatic carbocycles. The minimum Gasteiger partial charge on any atom is -0.466 e. The van der Waals surface area contributed by atoms with Crippen LogP contribution in [0.5, 0.6) is 0 Å². The molecular weight excluding hydrogens is 555 g/mol. The maximum absolute atomic E-state index is 13.7. The van der Waals surface area contributed by atoms with Gasteiger partial charge in [0.1, 0.15) is 5.92 Å². The molecule has 3 rings (SSSR count). The summed E-state index contributed by atoms with van der Waals surface area (Å²) < 4.78 is 56.5. The van der Waals surface area contributed by atoms with Gasteiger partial charge in [0.25, 0.3) is 0 Å². The predicted molar refractivity (Wildman–Crippen MR) is 145 cm³/mol. The highest BCUT2D eigenvalue weighted by Gasteiger charge is 2.49. The van der Waals surface area contributed by atoms with Gasteiger partial charge in [-0.25, -0.2) is 9.59 Å². The normalized spacial score (nSPS) is 19.5. The van der Waals surface area contributed by atoms with Crippen LogP contribution in [0.4, 0.5) is 18.9 Å². The van der Waals surface area contributed by atoms with E-state index in [1.165, 1.54) is 43.0 Å². The van der Waals surface area contributed by atoms with Gasteiger partial charge in [0.15, 0.2) is 6.10 Å². The Morgan fingerprint density at radius 1 is 1.14 bits per heavy atom. The van der Waals surface area contributed by atoms with Gasteiger partial charge in [0, 0.05) is 17.3 Å². The fraction of sp³-hybridized carbons (Fsp3) is 0.400. The molecule has 0 aliphatic carbocycles. The Balaban J connectivity index is 2.29. The van der Waals surface area contributed by atoms with E-state index in [0.29, 0.717) is 17.5 Å². The van der Waals surface area contributed by atoms with E-state index < -0.39 is 53.8 Å². The van der Waals surface area contributed by atoms with Gasteiger partial charge < -0.3 is 24.8 Å². The monoisotopic (exact) mass is 587 g/mol. The number of nitriles is 1. The smallest absolute Gasteiger partial charge is 0.416 e. The number of allylic oxidation sites excluding steroid dienone is 1. The van der Waals surface area contributed by atoms with Crippen LogP contribution >= 0.6 is 0 Å². The largest absolute Gasteiger partial charge is 0.466 e. The summed E-state index contributed by atoms with van der Waals surface area (Å²) in [5.41, 5.74) is 6.39. The van der Waals surface area contributed by atoms with Gasteiger partial charge in [-0.2, -0.15) is 18.4 Å². The van der Waals surface area contributed by atoms with E-state index in [2.05, 4.69) is 4.74 Å². The van der Waals surface area contributed by atoms with Crippen molar-refractivity contribution in [1.82, 2.24) is 0 Å². The van der Waals surface area contributed by atoms with Crippen molar-refractivity contribution in [2.24, 2.45) is 11.7 Å². The summed E-state index contributed by atoms with van der Waals surface area (Å²) in [5.74, 6) is -5.02. The lowest BCUT2D eigenvalue weighted by molar-refractivity contribution is -0.163. The zero-order chi connectivity index (χ0) is 31.2. The van der Waals surface area contributed by atoms with Gasteiger partial charge in [-0.3, -0.25) is 4.79 Å². The third-order valence-electron chi connectivity index (χ3n) is 6.99. The van der Waals surface area contributed by atoms with Crippen molar-refractivity contribution in [3.8, 4) is 6.07 Å². The molecule has 224 valence electrons. The predicted octanol–water partition coefficient (Wildman–Crippen LogP) is 4.80. The first kappa shape index (κ1) is 32.1. The molecule has 1 aliphatic rings. The summed E-state index contributed by atoms with van der Waals surface area (Å²) in [4.78, 5) is 40.7. The maximum atomic E-state index is 13.7. The molecule has 0 spiro atoms. The van der Waals surface area contributed by atoms with E-state index in [-0.39, 0.29) is 23.6 Å². The van der Waals surface area contributed by atoms with Crippen LogP contribution in [0.2, 0.25) is 0 Å². The van der Waals surface area contributed by atoms with Gasteiger partial charge in [0.05, 0.1) is 42.7 Å². The first-order valence-corrected chi connectivity index (χ1v) is 13.2. The fourth-order valence-corrected chi connectivity index (χ4v) is 4.85. The summed E-state index contributed by atoms with van der Waals surface area (Å²) in [6.45, 7) is 4.72. The van der Waals surface area contributed by atoms with Crippen LogP contribution in [0, 0.1) is 17.2 Å². The quantitative estimate of drug-likeness (QED) is 0.250. The van der Waals surface area contributed by atoms with Crippen LogP contribution in [0.15, 0.2) is 59.8 Å². The number of halogens is 3. The zero-order valence-electron chi connectivity index (χ0n) is 23.6. The average molecular weight is 588 g/mol. The van der Waals surface area contributed by atoms with Crippen LogP contribution in [0.1, 0.15) is 56.2 Å². The van der Waals surface area contributed by atoms with E-state index >= 15 is 0 Å². The van der Waals surface area contributed by atoms with E-state index in [1.807, 2.05) is 13.0 Å². The second kappa shape index (κ2) is 13.5. The molecule has 42 heavy (non-hydrogen) atoms. The number of nitrogens with two attached hydrogens (primary N) is 1. The highest BCUT2D eigenvalue weighted by Crippen LogP contribution is 2.45. The van der Waals surface area contributed by atoms with Gasteiger partial charge >= 0.3 is 24.1 Å². The number of esters is 3. The van der Waals surface area contributed by atoms with Crippen LogP contribution in [-0.4, -0.2) is 43.9 Å². The van der Waals surface area contributed by atoms with Gasteiger partial charge in [-0.05, 0) is 56.2 Å². The van der Waals surface area contributed by atoms with E-state index in [1.54, 1.807) is 12.1 Å². The van der Waals surface area contributed by atoms with Crippen LogP contribution in [0.3, 0.4) is 0 Å². The summed E-state index contributed by atoms with van der Waals surface area (Å²) >= 11 is 0. The summed E-state index contributed by atoms with van der Waals surface area (Å²) in [5, 5.41) is 9.28. The molecule has 1 heterocycles. The van der Waals surface area contributed by atoms with E-state index in [4.69, 9.17) is 15.2 Å². The van der Waals surface area contributed by atoms with E-state index in [0.717, 1.165) is 25.7 Å². The van der Waals surface area contributed by atoms with Crippen molar-refractivity contribution < 1.29 is 41.8 Å². The first-order valence-electron chi connectivity index (χ1n) is 13.2. The second-order valence-electron chi connectivity index (χ2n) is 9.74. The fourth-order valence-electron chi connectivity index (χ4n) is 4.85. The molecule has 12 heteroatoms. The Labute approximate surface area is 241 Å². The minimum absolute atomic E-state index is 0.0224. The molecule has 0 saturated heterocycles. The molecule has 0 saturated carbocycles. The number of carbonyl (C=O) groups is 3. The topological polar surface area (TPSA) is 132 Å². The molecule has 0 aromatic heterocycles. The Morgan fingerprint density at radius 3 is 2.38 bits per heavy atom. The molecule has 3 unspecified atom stereocenters. The number of anilines is 1. The van der Waals surface area contributed by atoms with Crippen molar-refractivity contribution >= 4 is 23.6 Å². The number of methoxy groups -OCH3 is 1. The second-order valence-corrected chi connectivity index (χ2v) is 9.74. The van der Waals surface area contributed by atoms with Crippen LogP contribution in [0.25, 0.3) is 0 Å². The van der Waals surface area contributed by atoms with Gasteiger partial charge in [-0.1, -0.05) is 31.5 Å². The van der Waals surface area contributed by atoms with Crippen molar-refractivity contribution in [3.05, 3.63) is 76.5 Å². The third kappa shape index (κ3) is 6.91. The first-order chi connectivity index (χ1) is 19.8. The number of unbranched alkanes of at least 4 members (excludes halogenated alkanes) is 1. The summed E-state index contributed by atoms with van der Waals surface area (Å²) in [7, 11) is 1.12.